The lowest BCUT2D eigenvalue weighted by molar-refractivity contribution is 0.138. The van der Waals surface area contributed by atoms with E-state index in [9.17, 15) is 0 Å². The normalized spacial score (nSPS) is 26.2. The van der Waals surface area contributed by atoms with Crippen LogP contribution in [0.4, 0.5) is 0 Å². The Balaban J connectivity index is 1.46. The Morgan fingerprint density at radius 3 is 3.00 bits per heavy atom. The number of fused-ring (bicyclic) bond motifs is 1. The maximum absolute atomic E-state index is 6.29. The van der Waals surface area contributed by atoms with E-state index in [4.69, 9.17) is 10.5 Å². The molecule has 3 heterocycles. The molecule has 2 aromatic rings. The third-order valence-electron chi connectivity index (χ3n) is 4.72. The second-order valence-electron chi connectivity index (χ2n) is 7.29. The molecule has 0 radical (unpaired) electrons. The van der Waals surface area contributed by atoms with Crippen molar-refractivity contribution in [1.29, 1.82) is 0 Å². The van der Waals surface area contributed by atoms with Crippen molar-refractivity contribution in [3.63, 3.8) is 0 Å². The first-order valence-corrected chi connectivity index (χ1v) is 8.15. The summed E-state index contributed by atoms with van der Waals surface area (Å²) in [6, 6.07) is 6.83. The van der Waals surface area contributed by atoms with Gasteiger partial charge in [0.2, 0.25) is 0 Å². The number of rotatable bonds is 3. The molecule has 0 amide bonds. The van der Waals surface area contributed by atoms with Gasteiger partial charge in [-0.05, 0) is 31.0 Å². The van der Waals surface area contributed by atoms with Crippen molar-refractivity contribution in [3.05, 3.63) is 41.7 Å². The minimum Gasteiger partial charge on any atom is -0.487 e. The van der Waals surface area contributed by atoms with Crippen molar-refractivity contribution in [3.8, 4) is 5.75 Å². The molecule has 23 heavy (non-hydrogen) atoms. The minimum absolute atomic E-state index is 0.0882. The van der Waals surface area contributed by atoms with Crippen LogP contribution >= 0.6 is 0 Å². The molecule has 1 aromatic heterocycles. The smallest absolute Gasteiger partial charge is 0.123 e. The average molecular weight is 313 g/mol. The van der Waals surface area contributed by atoms with Crippen molar-refractivity contribution in [2.45, 2.75) is 44.5 Å². The molecule has 1 aromatic carbocycles. The van der Waals surface area contributed by atoms with Crippen molar-refractivity contribution in [2.24, 2.45) is 5.73 Å². The van der Waals surface area contributed by atoms with Gasteiger partial charge in [-0.3, -0.25) is 4.90 Å². The van der Waals surface area contributed by atoms with E-state index >= 15 is 0 Å². The van der Waals surface area contributed by atoms with Crippen molar-refractivity contribution in [2.75, 3.05) is 13.1 Å². The Hall–Kier alpha value is -1.92. The van der Waals surface area contributed by atoms with E-state index in [0.29, 0.717) is 0 Å². The largest absolute Gasteiger partial charge is 0.487 e. The highest BCUT2D eigenvalue weighted by atomic mass is 16.5. The number of likely N-dealkylation sites (tertiary alicyclic amines) is 1. The lowest BCUT2D eigenvalue weighted by atomic mass is 10.00. The zero-order chi connectivity index (χ0) is 16.0. The van der Waals surface area contributed by atoms with Gasteiger partial charge in [-0.25, -0.2) is 4.68 Å². The van der Waals surface area contributed by atoms with Crippen LogP contribution in [0.3, 0.4) is 0 Å². The summed E-state index contributed by atoms with van der Waals surface area (Å²) in [5, 5.41) is 7.98. The quantitative estimate of drug-likeness (QED) is 0.927. The lowest BCUT2D eigenvalue weighted by Crippen LogP contribution is -2.31. The Morgan fingerprint density at radius 2 is 2.22 bits per heavy atom. The molecule has 2 N–H and O–H groups in total. The van der Waals surface area contributed by atoms with E-state index in [0.717, 1.165) is 31.8 Å². The van der Waals surface area contributed by atoms with Crippen molar-refractivity contribution < 1.29 is 4.74 Å². The zero-order valence-electron chi connectivity index (χ0n) is 13.6. The highest BCUT2D eigenvalue weighted by molar-refractivity contribution is 5.41. The van der Waals surface area contributed by atoms with Crippen LogP contribution in [0.2, 0.25) is 0 Å². The summed E-state index contributed by atoms with van der Waals surface area (Å²) in [6.07, 6.45) is 4.57. The van der Waals surface area contributed by atoms with Gasteiger partial charge in [-0.2, -0.15) is 0 Å². The summed E-state index contributed by atoms with van der Waals surface area (Å²) < 4.78 is 7.83. The predicted octanol–water partition coefficient (Wildman–Crippen LogP) is 1.38. The van der Waals surface area contributed by atoms with Crippen LogP contribution in [0, 0.1) is 0 Å². The third-order valence-corrected chi connectivity index (χ3v) is 4.72. The molecular weight excluding hydrogens is 290 g/mol. The maximum Gasteiger partial charge on any atom is 0.123 e. The lowest BCUT2D eigenvalue weighted by Gasteiger charge is -2.16. The molecule has 1 saturated heterocycles. The number of benzene rings is 1. The molecule has 6 nitrogen and oxygen atoms in total. The van der Waals surface area contributed by atoms with Gasteiger partial charge >= 0.3 is 0 Å². The topological polar surface area (TPSA) is 69.2 Å². The first kappa shape index (κ1) is 14.7. The van der Waals surface area contributed by atoms with Gasteiger partial charge < -0.3 is 10.5 Å². The third kappa shape index (κ3) is 2.84. The molecule has 2 atom stereocenters. The van der Waals surface area contributed by atoms with Crippen LogP contribution < -0.4 is 10.5 Å². The molecule has 2 aliphatic rings. The van der Waals surface area contributed by atoms with Gasteiger partial charge in [0, 0.05) is 38.3 Å². The Morgan fingerprint density at radius 1 is 1.35 bits per heavy atom. The van der Waals surface area contributed by atoms with Gasteiger partial charge in [0.05, 0.1) is 12.2 Å². The van der Waals surface area contributed by atoms with Crippen LogP contribution in [-0.2, 0) is 13.0 Å². The van der Waals surface area contributed by atoms with E-state index in [1.807, 2.05) is 10.9 Å². The number of hydrogen-bond donors (Lipinski definition) is 1. The molecule has 0 bridgehead atoms. The number of aromatic nitrogens is 3. The second-order valence-corrected chi connectivity index (χ2v) is 7.29. The molecule has 0 unspecified atom stereocenters. The molecule has 0 spiro atoms. The summed E-state index contributed by atoms with van der Waals surface area (Å²) >= 11 is 0. The standard InChI is InChI=1S/C17H23N5O/c1-17(2)8-13-7-12(3-4-16(13)23-17)9-21-10-14(18)15(11-21)22-6-5-19-20-22/h3-7,14-15H,8-11,18H2,1-2H3/t14-,15+/m1/s1. The minimum atomic E-state index is -0.0882. The van der Waals surface area contributed by atoms with E-state index in [2.05, 4.69) is 47.3 Å². The van der Waals surface area contributed by atoms with Crippen LogP contribution in [0.5, 0.6) is 5.75 Å². The second kappa shape index (κ2) is 5.32. The van der Waals surface area contributed by atoms with Gasteiger partial charge in [-0.1, -0.05) is 17.3 Å². The van der Waals surface area contributed by atoms with Crippen LogP contribution in [0.15, 0.2) is 30.6 Å². The summed E-state index contributed by atoms with van der Waals surface area (Å²) in [6.45, 7) is 6.96. The number of nitrogens with zero attached hydrogens (tertiary/aromatic N) is 4. The molecule has 0 saturated carbocycles. The molecule has 2 aliphatic heterocycles. The Bertz CT molecular complexity index is 697. The van der Waals surface area contributed by atoms with Gasteiger partial charge in [-0.15, -0.1) is 5.10 Å². The summed E-state index contributed by atoms with van der Waals surface area (Å²) in [7, 11) is 0. The molecule has 4 rings (SSSR count). The fourth-order valence-corrected chi connectivity index (χ4v) is 3.72. The highest BCUT2D eigenvalue weighted by Gasteiger charge is 2.33. The maximum atomic E-state index is 6.29. The molecule has 0 aliphatic carbocycles. The van der Waals surface area contributed by atoms with Crippen LogP contribution in [0.25, 0.3) is 0 Å². The molecule has 122 valence electrons. The summed E-state index contributed by atoms with van der Waals surface area (Å²) in [5.74, 6) is 1.03. The van der Waals surface area contributed by atoms with E-state index in [1.165, 1.54) is 11.1 Å². The first-order chi connectivity index (χ1) is 11.0. The fraction of sp³-hybridized carbons (Fsp3) is 0.529. The summed E-state index contributed by atoms with van der Waals surface area (Å²) in [4.78, 5) is 2.39. The number of hydrogen-bond acceptors (Lipinski definition) is 5. The molecular formula is C17H23N5O. The van der Waals surface area contributed by atoms with Gasteiger partial charge in [0.1, 0.15) is 11.4 Å². The van der Waals surface area contributed by atoms with Crippen molar-refractivity contribution in [1.82, 2.24) is 19.9 Å². The van der Waals surface area contributed by atoms with Gasteiger partial charge in [0.15, 0.2) is 0 Å². The van der Waals surface area contributed by atoms with E-state index in [-0.39, 0.29) is 17.7 Å². The van der Waals surface area contributed by atoms with Gasteiger partial charge in [0.25, 0.3) is 0 Å². The Kier molecular flexibility index (Phi) is 3.39. The monoisotopic (exact) mass is 313 g/mol. The number of ether oxygens (including phenoxy) is 1. The fourth-order valence-electron chi connectivity index (χ4n) is 3.72. The van der Waals surface area contributed by atoms with Crippen LogP contribution in [0.1, 0.15) is 31.0 Å². The van der Waals surface area contributed by atoms with E-state index in [1.54, 1.807) is 6.20 Å². The Labute approximate surface area is 136 Å². The van der Waals surface area contributed by atoms with Crippen LogP contribution in [-0.4, -0.2) is 44.6 Å². The molecule has 1 fully saturated rings. The first-order valence-electron chi connectivity index (χ1n) is 8.15. The predicted molar refractivity (Wildman–Crippen MR) is 87.2 cm³/mol. The molecule has 6 heteroatoms. The SMILES string of the molecule is CC1(C)Cc2cc(CN3C[C@@H](N)[C@@H](n4ccnn4)C3)ccc2O1. The summed E-state index contributed by atoms with van der Waals surface area (Å²) in [5.41, 5.74) is 8.83. The number of nitrogens with two attached hydrogens (primary N) is 1. The zero-order valence-corrected chi connectivity index (χ0v) is 13.6. The van der Waals surface area contributed by atoms with E-state index < -0.39 is 0 Å². The van der Waals surface area contributed by atoms with Crippen molar-refractivity contribution >= 4 is 0 Å². The highest BCUT2D eigenvalue weighted by Crippen LogP contribution is 2.35. The average Bonchev–Trinajstić information content (AvgIpc) is 3.16.